The fourth-order valence-corrected chi connectivity index (χ4v) is 1.65. The molecule has 0 bridgehead atoms. The highest BCUT2D eigenvalue weighted by Crippen LogP contribution is 2.04. The molecule has 0 amide bonds. The summed E-state index contributed by atoms with van der Waals surface area (Å²) in [5, 5.41) is 121. The third-order valence-electron chi connectivity index (χ3n) is 3.91. The molecule has 0 saturated heterocycles. The molecule has 204 valence electrons. The van der Waals surface area contributed by atoms with Gasteiger partial charge in [0.1, 0.15) is 67.1 Å². The predicted octanol–water partition coefficient (Wildman–Crippen LogP) is -9.50. The van der Waals surface area contributed by atoms with Gasteiger partial charge in [-0.2, -0.15) is 0 Å². The van der Waals surface area contributed by atoms with Crippen LogP contribution in [0.3, 0.4) is 0 Å². The smallest absolute Gasteiger partial charge is 0.151 e. The lowest BCUT2D eigenvalue weighted by molar-refractivity contribution is -0.136. The van der Waals surface area contributed by atoms with E-state index in [2.05, 4.69) is 0 Å². The van der Waals surface area contributed by atoms with E-state index in [1.54, 1.807) is 0 Å². The molecule has 34 heavy (non-hydrogen) atoms. The van der Waals surface area contributed by atoms with Gasteiger partial charge in [-0.25, -0.2) is 0 Å². The molecule has 0 aliphatic rings. The van der Waals surface area contributed by atoms with Crippen molar-refractivity contribution in [3.05, 3.63) is 0 Å². The first-order valence-corrected chi connectivity index (χ1v) is 9.39. The van der Waals surface area contributed by atoms with E-state index in [9.17, 15) is 14.4 Å². The van der Waals surface area contributed by atoms with Crippen LogP contribution in [-0.2, 0) is 14.4 Å². The Balaban J connectivity index is -0.000000426. The monoisotopic (exact) mass is 510 g/mol. The Morgan fingerprint density at radius 2 is 0.588 bits per heavy atom. The van der Waals surface area contributed by atoms with E-state index in [0.717, 1.165) is 0 Å². The summed E-state index contributed by atoms with van der Waals surface area (Å²) in [5.41, 5.74) is 0. The first kappa shape index (κ1) is 37.0. The van der Waals surface area contributed by atoms with Gasteiger partial charge in [-0.15, -0.1) is 0 Å². The lowest BCUT2D eigenvalue weighted by Crippen LogP contribution is -2.46. The number of aldehydes is 3. The van der Waals surface area contributed by atoms with Crippen molar-refractivity contribution < 1.29 is 85.9 Å². The number of carbonyl (C=O) groups is 3. The van der Waals surface area contributed by atoms with E-state index < -0.39 is 87.0 Å². The standard InChI is InChI=1S/2C6H12O6.C5H10O5/c2*7-1-3(9)5(11)6(12)4(10)2-8;6-1-3(8)5(10)4(9)2-7/h2*1,3-6,8-12H,2H2;1,3-5,7-10H,2H2/t3-,4+,5+,6+;3-,4+,5+,6-;3-,4+,5+/m000/s1. The Hall–Kier alpha value is -1.55. The Bertz CT molecular complexity index is 490. The van der Waals surface area contributed by atoms with Crippen molar-refractivity contribution in [3.63, 3.8) is 0 Å². The van der Waals surface area contributed by atoms with Crippen molar-refractivity contribution in [1.29, 1.82) is 0 Å². The summed E-state index contributed by atoms with van der Waals surface area (Å²) >= 11 is 0. The first-order valence-electron chi connectivity index (χ1n) is 9.39. The molecule has 0 saturated carbocycles. The zero-order valence-corrected chi connectivity index (χ0v) is 17.7. The van der Waals surface area contributed by atoms with Gasteiger partial charge in [0.25, 0.3) is 0 Å². The topological polar surface area (TPSA) is 334 Å². The van der Waals surface area contributed by atoms with Crippen molar-refractivity contribution in [2.24, 2.45) is 0 Å². The molecule has 0 spiro atoms. The zero-order chi connectivity index (χ0) is 27.6. The molecule has 14 N–H and O–H groups in total. The Morgan fingerprint density at radius 1 is 0.382 bits per heavy atom. The first-order chi connectivity index (χ1) is 15.7. The zero-order valence-electron chi connectivity index (χ0n) is 17.7. The second kappa shape index (κ2) is 20.8. The third-order valence-corrected chi connectivity index (χ3v) is 3.91. The SMILES string of the molecule is O=C[C@H](O)[C@@H](O)[C@@H](O)[C@H](O)CO.O=C[C@H](O)[C@@H](O)[C@H](O)CO.O=C[C@H](O)[C@@H](O)[C@H](O)[C@H](O)CO. The van der Waals surface area contributed by atoms with E-state index in [4.69, 9.17) is 71.5 Å². The van der Waals surface area contributed by atoms with Gasteiger partial charge in [-0.05, 0) is 0 Å². The summed E-state index contributed by atoms with van der Waals surface area (Å²) < 4.78 is 0. The van der Waals surface area contributed by atoms with E-state index >= 15 is 0 Å². The van der Waals surface area contributed by atoms with Gasteiger partial charge >= 0.3 is 0 Å². The summed E-state index contributed by atoms with van der Waals surface area (Å²) in [7, 11) is 0. The van der Waals surface area contributed by atoms with Crippen LogP contribution in [-0.4, -0.2) is 177 Å². The molecule has 0 unspecified atom stereocenters. The molecular weight excluding hydrogens is 476 g/mol. The van der Waals surface area contributed by atoms with Gasteiger partial charge in [0.2, 0.25) is 0 Å². The highest BCUT2D eigenvalue weighted by atomic mass is 16.4. The highest BCUT2D eigenvalue weighted by molar-refractivity contribution is 5.57. The Kier molecular flexibility index (Phi) is 22.6. The average Bonchev–Trinajstić information content (AvgIpc) is 2.88. The number of aliphatic hydroxyl groups is 14. The molecule has 17 nitrogen and oxygen atoms in total. The number of hydrogen-bond donors (Lipinski definition) is 14. The Labute approximate surface area is 192 Å². The molecule has 0 aromatic rings. The molecule has 0 fully saturated rings. The van der Waals surface area contributed by atoms with Gasteiger partial charge in [-0.1, -0.05) is 0 Å². The minimum Gasteiger partial charge on any atom is -0.394 e. The fraction of sp³-hybridized carbons (Fsp3) is 0.824. The lowest BCUT2D eigenvalue weighted by Gasteiger charge is -2.22. The predicted molar refractivity (Wildman–Crippen MR) is 106 cm³/mol. The number of aliphatic hydroxyl groups excluding tert-OH is 14. The lowest BCUT2D eigenvalue weighted by atomic mass is 10.0. The summed E-state index contributed by atoms with van der Waals surface area (Å²) in [6, 6.07) is 0. The molecule has 0 heterocycles. The molecule has 0 rings (SSSR count). The van der Waals surface area contributed by atoms with Crippen LogP contribution in [0.15, 0.2) is 0 Å². The molecule has 0 aromatic carbocycles. The van der Waals surface area contributed by atoms with Crippen molar-refractivity contribution in [1.82, 2.24) is 0 Å². The molecule has 0 aliphatic heterocycles. The summed E-state index contributed by atoms with van der Waals surface area (Å²) in [6.45, 7) is -2.21. The van der Waals surface area contributed by atoms with Gasteiger partial charge in [-0.3, -0.25) is 0 Å². The maximum atomic E-state index is 9.90. The van der Waals surface area contributed by atoms with E-state index in [1.165, 1.54) is 0 Å². The van der Waals surface area contributed by atoms with Crippen LogP contribution in [0, 0.1) is 0 Å². The fourth-order valence-electron chi connectivity index (χ4n) is 1.65. The summed E-state index contributed by atoms with van der Waals surface area (Å²) in [6.07, 6.45) is -18.3. The average molecular weight is 510 g/mol. The van der Waals surface area contributed by atoms with E-state index in [0.29, 0.717) is 0 Å². The van der Waals surface area contributed by atoms with Gasteiger partial charge < -0.3 is 85.9 Å². The van der Waals surface area contributed by atoms with Crippen LogP contribution in [0.1, 0.15) is 0 Å². The minimum atomic E-state index is -1.79. The third kappa shape index (κ3) is 14.7. The van der Waals surface area contributed by atoms with Gasteiger partial charge in [0, 0.05) is 0 Å². The van der Waals surface area contributed by atoms with Gasteiger partial charge in [0.15, 0.2) is 18.9 Å². The Morgan fingerprint density at radius 3 is 0.794 bits per heavy atom. The molecule has 0 radical (unpaired) electrons. The van der Waals surface area contributed by atoms with Crippen LogP contribution in [0.4, 0.5) is 0 Å². The van der Waals surface area contributed by atoms with Crippen LogP contribution in [0.5, 0.6) is 0 Å². The number of carbonyl (C=O) groups excluding carboxylic acids is 3. The van der Waals surface area contributed by atoms with Crippen LogP contribution in [0.2, 0.25) is 0 Å². The summed E-state index contributed by atoms with van der Waals surface area (Å²) in [5.74, 6) is 0. The van der Waals surface area contributed by atoms with Crippen molar-refractivity contribution in [2.45, 2.75) is 67.1 Å². The maximum absolute atomic E-state index is 9.90. The molecule has 11 atom stereocenters. The highest BCUT2D eigenvalue weighted by Gasteiger charge is 2.30. The minimum absolute atomic E-state index is 0.0258. The molecular formula is C17H34O17. The van der Waals surface area contributed by atoms with Gasteiger partial charge in [0.05, 0.1) is 19.8 Å². The molecule has 17 heteroatoms. The second-order valence-electron chi connectivity index (χ2n) is 6.58. The molecule has 0 aliphatic carbocycles. The van der Waals surface area contributed by atoms with Crippen LogP contribution in [0.25, 0.3) is 0 Å². The van der Waals surface area contributed by atoms with E-state index in [-0.39, 0.29) is 18.9 Å². The molecule has 0 aromatic heterocycles. The van der Waals surface area contributed by atoms with Crippen LogP contribution < -0.4 is 0 Å². The van der Waals surface area contributed by atoms with Crippen molar-refractivity contribution in [3.8, 4) is 0 Å². The number of rotatable bonds is 14. The number of hydrogen-bond acceptors (Lipinski definition) is 17. The largest absolute Gasteiger partial charge is 0.394 e. The van der Waals surface area contributed by atoms with E-state index in [1.807, 2.05) is 0 Å². The van der Waals surface area contributed by atoms with Crippen molar-refractivity contribution in [2.75, 3.05) is 19.8 Å². The maximum Gasteiger partial charge on any atom is 0.151 e. The second-order valence-corrected chi connectivity index (χ2v) is 6.58. The van der Waals surface area contributed by atoms with Crippen molar-refractivity contribution >= 4 is 18.9 Å². The van der Waals surface area contributed by atoms with Crippen LogP contribution >= 0.6 is 0 Å². The quantitative estimate of drug-likeness (QED) is 0.0964. The summed E-state index contributed by atoms with van der Waals surface area (Å²) in [4.78, 5) is 29.6. The normalized spacial score (nSPS) is 20.6.